The summed E-state index contributed by atoms with van der Waals surface area (Å²) >= 11 is 6.03. The largest absolute Gasteiger partial charge is 0.497 e. The maximum atomic E-state index is 13.1. The van der Waals surface area contributed by atoms with Gasteiger partial charge in [-0.15, -0.1) is 0 Å². The molecule has 2 aromatic rings. The second-order valence-electron chi connectivity index (χ2n) is 6.22. The monoisotopic (exact) mass is 388 g/mol. The lowest BCUT2D eigenvalue weighted by Gasteiger charge is -2.30. The van der Waals surface area contributed by atoms with Gasteiger partial charge in [-0.25, -0.2) is 0 Å². The Morgan fingerprint density at radius 3 is 2.48 bits per heavy atom. The number of halogens is 1. The maximum Gasteiger partial charge on any atom is 0.242 e. The third-order valence-corrected chi connectivity index (χ3v) is 4.60. The minimum absolute atomic E-state index is 0.129. The van der Waals surface area contributed by atoms with Crippen molar-refractivity contribution in [1.82, 2.24) is 10.2 Å². The van der Waals surface area contributed by atoms with Crippen molar-refractivity contribution in [3.05, 3.63) is 64.7 Å². The molecule has 0 aliphatic heterocycles. The van der Waals surface area contributed by atoms with Crippen molar-refractivity contribution >= 4 is 23.4 Å². The van der Waals surface area contributed by atoms with Crippen LogP contribution in [0.25, 0.3) is 0 Å². The normalized spacial score (nSPS) is 11.6. The van der Waals surface area contributed by atoms with Crippen molar-refractivity contribution in [1.29, 1.82) is 0 Å². The molecule has 0 saturated carbocycles. The number of hydrogen-bond acceptors (Lipinski definition) is 3. The van der Waals surface area contributed by atoms with Gasteiger partial charge in [-0.2, -0.15) is 0 Å². The zero-order valence-corrected chi connectivity index (χ0v) is 16.6. The molecule has 0 unspecified atom stereocenters. The molecule has 27 heavy (non-hydrogen) atoms. The van der Waals surface area contributed by atoms with Gasteiger partial charge in [-0.1, -0.05) is 42.8 Å². The lowest BCUT2D eigenvalue weighted by atomic mass is 10.1. The molecule has 2 rings (SSSR count). The second kappa shape index (κ2) is 9.97. The average molecular weight is 389 g/mol. The van der Waals surface area contributed by atoms with Crippen molar-refractivity contribution < 1.29 is 14.3 Å². The number of benzene rings is 2. The van der Waals surface area contributed by atoms with Crippen LogP contribution in [-0.2, 0) is 22.6 Å². The van der Waals surface area contributed by atoms with Crippen LogP contribution in [0.15, 0.2) is 48.5 Å². The molecule has 2 amide bonds. The van der Waals surface area contributed by atoms with E-state index in [1.807, 2.05) is 43.3 Å². The Bertz CT molecular complexity index is 795. The molecule has 5 nitrogen and oxygen atoms in total. The summed E-state index contributed by atoms with van der Waals surface area (Å²) < 4.78 is 5.26. The number of likely N-dealkylation sites (N-methyl/N-ethyl adjacent to an activating group) is 1. The Labute approximate surface area is 165 Å². The van der Waals surface area contributed by atoms with Gasteiger partial charge in [0.2, 0.25) is 11.8 Å². The Hall–Kier alpha value is -2.53. The van der Waals surface area contributed by atoms with Crippen molar-refractivity contribution in [2.45, 2.75) is 32.4 Å². The number of carbonyl (C=O) groups is 2. The van der Waals surface area contributed by atoms with Gasteiger partial charge in [0.15, 0.2) is 0 Å². The van der Waals surface area contributed by atoms with Crippen LogP contribution in [0.5, 0.6) is 5.75 Å². The van der Waals surface area contributed by atoms with Crippen LogP contribution in [0.3, 0.4) is 0 Å². The van der Waals surface area contributed by atoms with Gasteiger partial charge >= 0.3 is 0 Å². The summed E-state index contributed by atoms with van der Waals surface area (Å²) in [6.45, 7) is 2.22. The summed E-state index contributed by atoms with van der Waals surface area (Å²) in [6.07, 6.45) is 0.697. The highest BCUT2D eigenvalue weighted by Crippen LogP contribution is 2.19. The van der Waals surface area contributed by atoms with E-state index < -0.39 is 6.04 Å². The van der Waals surface area contributed by atoms with Crippen LogP contribution >= 0.6 is 11.6 Å². The van der Waals surface area contributed by atoms with E-state index >= 15 is 0 Å². The zero-order chi connectivity index (χ0) is 19.8. The molecule has 1 atom stereocenters. The molecule has 0 spiro atoms. The summed E-state index contributed by atoms with van der Waals surface area (Å²) in [4.78, 5) is 27.1. The van der Waals surface area contributed by atoms with Gasteiger partial charge in [-0.3, -0.25) is 9.59 Å². The summed E-state index contributed by atoms with van der Waals surface area (Å²) in [5, 5.41) is 3.24. The van der Waals surface area contributed by atoms with Crippen LogP contribution in [0, 0.1) is 0 Å². The SMILES string of the molecule is CC[C@@H](C(=O)NC)N(Cc1cccc(OC)c1)C(=O)Cc1cccc(Cl)c1. The number of amides is 2. The van der Waals surface area contributed by atoms with Crippen molar-refractivity contribution in [3.8, 4) is 5.75 Å². The lowest BCUT2D eigenvalue weighted by Crippen LogP contribution is -2.48. The van der Waals surface area contributed by atoms with Crippen molar-refractivity contribution in [3.63, 3.8) is 0 Å². The first kappa shape index (κ1) is 20.8. The fourth-order valence-electron chi connectivity index (χ4n) is 2.98. The molecule has 144 valence electrons. The molecule has 0 fully saturated rings. The number of methoxy groups -OCH3 is 1. The summed E-state index contributed by atoms with van der Waals surface area (Å²) in [6, 6.07) is 14.2. The minimum atomic E-state index is -0.548. The van der Waals surface area contributed by atoms with E-state index in [0.717, 1.165) is 11.1 Å². The number of rotatable bonds is 8. The van der Waals surface area contributed by atoms with Gasteiger partial charge in [0.1, 0.15) is 11.8 Å². The molecule has 1 N–H and O–H groups in total. The van der Waals surface area contributed by atoms with Crippen LogP contribution in [0.1, 0.15) is 24.5 Å². The zero-order valence-electron chi connectivity index (χ0n) is 15.9. The Morgan fingerprint density at radius 2 is 1.85 bits per heavy atom. The molecule has 0 bridgehead atoms. The maximum absolute atomic E-state index is 13.1. The van der Waals surface area contributed by atoms with E-state index in [2.05, 4.69) is 5.32 Å². The molecule has 0 heterocycles. The first-order valence-corrected chi connectivity index (χ1v) is 9.24. The van der Waals surface area contributed by atoms with Crippen LogP contribution in [0.4, 0.5) is 0 Å². The Morgan fingerprint density at radius 1 is 1.15 bits per heavy atom. The van der Waals surface area contributed by atoms with Crippen LogP contribution < -0.4 is 10.1 Å². The molecule has 0 saturated heterocycles. The van der Waals surface area contributed by atoms with E-state index in [0.29, 0.717) is 23.7 Å². The van der Waals surface area contributed by atoms with E-state index in [1.165, 1.54) is 0 Å². The fraction of sp³-hybridized carbons (Fsp3) is 0.333. The summed E-state index contributed by atoms with van der Waals surface area (Å²) in [5.74, 6) is 0.401. The van der Waals surface area contributed by atoms with Gasteiger partial charge in [0.25, 0.3) is 0 Å². The number of nitrogens with zero attached hydrogens (tertiary/aromatic N) is 1. The molecule has 0 aliphatic rings. The summed E-state index contributed by atoms with van der Waals surface area (Å²) in [5.41, 5.74) is 1.71. The smallest absolute Gasteiger partial charge is 0.242 e. The van der Waals surface area contributed by atoms with E-state index in [1.54, 1.807) is 31.2 Å². The number of hydrogen-bond donors (Lipinski definition) is 1. The first-order chi connectivity index (χ1) is 13.0. The predicted octanol–water partition coefficient (Wildman–Crippen LogP) is 3.44. The second-order valence-corrected chi connectivity index (χ2v) is 6.65. The average Bonchev–Trinajstić information content (AvgIpc) is 2.67. The van der Waals surface area contributed by atoms with Gasteiger partial charge in [0.05, 0.1) is 13.5 Å². The fourth-order valence-corrected chi connectivity index (χ4v) is 3.19. The molecule has 0 aromatic heterocycles. The molecular formula is C21H25ClN2O3. The molecule has 0 radical (unpaired) electrons. The third-order valence-electron chi connectivity index (χ3n) is 4.36. The summed E-state index contributed by atoms with van der Waals surface area (Å²) in [7, 11) is 3.18. The molecule has 6 heteroatoms. The van der Waals surface area contributed by atoms with E-state index in [-0.39, 0.29) is 18.2 Å². The first-order valence-electron chi connectivity index (χ1n) is 8.87. The highest BCUT2D eigenvalue weighted by atomic mass is 35.5. The lowest BCUT2D eigenvalue weighted by molar-refractivity contribution is -0.140. The van der Waals surface area contributed by atoms with E-state index in [9.17, 15) is 9.59 Å². The minimum Gasteiger partial charge on any atom is -0.497 e. The third kappa shape index (κ3) is 5.73. The van der Waals surface area contributed by atoms with Gasteiger partial charge in [-0.05, 0) is 41.8 Å². The highest BCUT2D eigenvalue weighted by Gasteiger charge is 2.28. The highest BCUT2D eigenvalue weighted by molar-refractivity contribution is 6.30. The quantitative estimate of drug-likeness (QED) is 0.753. The standard InChI is InChI=1S/C21H25ClN2O3/c1-4-19(21(26)23-2)24(14-16-8-6-10-18(12-16)27-3)20(25)13-15-7-5-9-17(22)11-15/h5-12,19H,4,13-14H2,1-3H3,(H,23,26)/t19-/m0/s1. The van der Waals surface area contributed by atoms with E-state index in [4.69, 9.17) is 16.3 Å². The Balaban J connectivity index is 2.29. The number of ether oxygens (including phenoxy) is 1. The molecular weight excluding hydrogens is 364 g/mol. The van der Waals surface area contributed by atoms with Gasteiger partial charge in [0, 0.05) is 18.6 Å². The number of nitrogens with one attached hydrogen (secondary N) is 1. The van der Waals surface area contributed by atoms with Gasteiger partial charge < -0.3 is 15.0 Å². The van der Waals surface area contributed by atoms with Crippen molar-refractivity contribution in [2.75, 3.05) is 14.2 Å². The van der Waals surface area contributed by atoms with Crippen molar-refractivity contribution in [2.24, 2.45) is 0 Å². The number of carbonyl (C=O) groups excluding carboxylic acids is 2. The van der Waals surface area contributed by atoms with Crippen LogP contribution in [0.2, 0.25) is 5.02 Å². The Kier molecular flexibility index (Phi) is 7.67. The topological polar surface area (TPSA) is 58.6 Å². The molecule has 0 aliphatic carbocycles. The van der Waals surface area contributed by atoms with Crippen LogP contribution in [-0.4, -0.2) is 36.9 Å². The molecule has 2 aromatic carbocycles. The predicted molar refractivity (Wildman–Crippen MR) is 107 cm³/mol.